The molecule has 0 saturated carbocycles. The standard InChI is InChI=1S/C24H18Cl2N6O2S/c25-15-2-5-17-14(11-15)1-4-18(27-17)22-30-31-24(34-22)32-9-7-13(8-10-32)21(33)29-23-28-19-12-16(26)3-6-20(19)35-23/h1-6,11-13H,7-10H2,(H,28,29,33). The van der Waals surface area contributed by atoms with Gasteiger partial charge in [0.25, 0.3) is 5.89 Å². The highest BCUT2D eigenvalue weighted by molar-refractivity contribution is 7.22. The van der Waals surface area contributed by atoms with Crippen LogP contribution in [0.1, 0.15) is 12.8 Å². The maximum atomic E-state index is 12.8. The number of piperidine rings is 1. The van der Waals surface area contributed by atoms with E-state index in [-0.39, 0.29) is 11.8 Å². The molecule has 1 N–H and O–H groups in total. The summed E-state index contributed by atoms with van der Waals surface area (Å²) in [6.45, 7) is 1.28. The first-order valence-corrected chi connectivity index (χ1v) is 12.6. The van der Waals surface area contributed by atoms with Gasteiger partial charge in [-0.15, -0.1) is 5.10 Å². The fraction of sp³-hybridized carbons (Fsp3) is 0.208. The molecule has 1 amide bonds. The van der Waals surface area contributed by atoms with Crippen LogP contribution in [0.25, 0.3) is 32.7 Å². The molecule has 0 aliphatic carbocycles. The Labute approximate surface area is 213 Å². The molecule has 0 radical (unpaired) electrons. The van der Waals surface area contributed by atoms with Crippen LogP contribution in [-0.4, -0.2) is 39.2 Å². The predicted octanol–water partition coefficient (Wildman–Crippen LogP) is 6.06. The van der Waals surface area contributed by atoms with Crippen LogP contribution in [0.2, 0.25) is 10.0 Å². The molecular weight excluding hydrogens is 507 g/mol. The van der Waals surface area contributed by atoms with E-state index in [2.05, 4.69) is 25.5 Å². The number of benzene rings is 2. The summed E-state index contributed by atoms with van der Waals surface area (Å²) in [6, 6.07) is 15.2. The molecule has 0 bridgehead atoms. The molecule has 2 aromatic carbocycles. The van der Waals surface area contributed by atoms with Gasteiger partial charge >= 0.3 is 6.01 Å². The van der Waals surface area contributed by atoms with Crippen LogP contribution in [0, 0.1) is 5.92 Å². The monoisotopic (exact) mass is 524 g/mol. The first kappa shape index (κ1) is 22.2. The molecular formula is C24H18Cl2N6O2S. The molecule has 0 unspecified atom stereocenters. The minimum atomic E-state index is -0.113. The molecule has 5 aromatic rings. The van der Waals surface area contributed by atoms with Crippen molar-refractivity contribution in [1.29, 1.82) is 0 Å². The van der Waals surface area contributed by atoms with Crippen LogP contribution >= 0.6 is 34.5 Å². The average molecular weight is 525 g/mol. The fourth-order valence-corrected chi connectivity index (χ4v) is 5.35. The number of thiazole rings is 1. The quantitative estimate of drug-likeness (QED) is 0.305. The van der Waals surface area contributed by atoms with Gasteiger partial charge in [0.15, 0.2) is 5.13 Å². The summed E-state index contributed by atoms with van der Waals surface area (Å²) in [4.78, 5) is 23.9. The van der Waals surface area contributed by atoms with E-state index in [4.69, 9.17) is 27.6 Å². The molecule has 4 heterocycles. The second kappa shape index (κ2) is 9.07. The van der Waals surface area contributed by atoms with E-state index in [1.807, 2.05) is 41.3 Å². The minimum absolute atomic E-state index is 0.0264. The summed E-state index contributed by atoms with van der Waals surface area (Å²) < 4.78 is 6.89. The Hall–Kier alpha value is -3.27. The van der Waals surface area contributed by atoms with Crippen molar-refractivity contribution in [3.8, 4) is 11.6 Å². The lowest BCUT2D eigenvalue weighted by atomic mass is 9.96. The van der Waals surface area contributed by atoms with Crippen molar-refractivity contribution in [2.24, 2.45) is 5.92 Å². The van der Waals surface area contributed by atoms with Crippen molar-refractivity contribution in [3.63, 3.8) is 0 Å². The summed E-state index contributed by atoms with van der Waals surface area (Å²) in [7, 11) is 0. The van der Waals surface area contributed by atoms with E-state index in [0.717, 1.165) is 21.1 Å². The number of nitrogens with zero attached hydrogens (tertiary/aromatic N) is 5. The number of halogens is 2. The molecule has 35 heavy (non-hydrogen) atoms. The van der Waals surface area contributed by atoms with Crippen LogP contribution in [0.15, 0.2) is 52.9 Å². The molecule has 0 spiro atoms. The van der Waals surface area contributed by atoms with E-state index in [0.29, 0.717) is 58.7 Å². The van der Waals surface area contributed by atoms with Gasteiger partial charge in [0, 0.05) is 34.4 Å². The number of amides is 1. The van der Waals surface area contributed by atoms with E-state index < -0.39 is 0 Å². The number of carbonyl (C=O) groups excluding carboxylic acids is 1. The third-order valence-corrected chi connectivity index (χ3v) is 7.42. The maximum absolute atomic E-state index is 12.8. The van der Waals surface area contributed by atoms with Gasteiger partial charge in [0.2, 0.25) is 5.91 Å². The zero-order valence-electron chi connectivity index (χ0n) is 18.2. The number of nitrogens with one attached hydrogen (secondary N) is 1. The number of rotatable bonds is 4. The minimum Gasteiger partial charge on any atom is -0.402 e. The predicted molar refractivity (Wildman–Crippen MR) is 138 cm³/mol. The van der Waals surface area contributed by atoms with Crippen LogP contribution < -0.4 is 10.2 Å². The smallest absolute Gasteiger partial charge is 0.318 e. The molecule has 1 aliphatic rings. The summed E-state index contributed by atoms with van der Waals surface area (Å²) >= 11 is 13.5. The van der Waals surface area contributed by atoms with Gasteiger partial charge in [-0.25, -0.2) is 9.97 Å². The number of hydrogen-bond acceptors (Lipinski definition) is 8. The SMILES string of the molecule is O=C(Nc1nc2cc(Cl)ccc2s1)C1CCN(c2nnc(-c3ccc4cc(Cl)ccc4n3)o2)CC1. The number of fused-ring (bicyclic) bond motifs is 2. The zero-order valence-corrected chi connectivity index (χ0v) is 20.6. The Morgan fingerprint density at radius 2 is 1.77 bits per heavy atom. The Kier molecular flexibility index (Phi) is 5.75. The maximum Gasteiger partial charge on any atom is 0.318 e. The lowest BCUT2D eigenvalue weighted by molar-refractivity contribution is -0.120. The van der Waals surface area contributed by atoms with Gasteiger partial charge in [0.05, 0.1) is 15.7 Å². The van der Waals surface area contributed by atoms with E-state index >= 15 is 0 Å². The number of hydrogen-bond donors (Lipinski definition) is 1. The summed E-state index contributed by atoms with van der Waals surface area (Å²) in [5.41, 5.74) is 2.18. The third-order valence-electron chi connectivity index (χ3n) is 6.00. The molecule has 1 fully saturated rings. The van der Waals surface area contributed by atoms with Crippen molar-refractivity contribution < 1.29 is 9.21 Å². The highest BCUT2D eigenvalue weighted by Gasteiger charge is 2.28. The van der Waals surface area contributed by atoms with Gasteiger partial charge in [-0.2, -0.15) is 0 Å². The molecule has 8 nitrogen and oxygen atoms in total. The topological polar surface area (TPSA) is 97.0 Å². The first-order valence-electron chi connectivity index (χ1n) is 11.0. The van der Waals surface area contributed by atoms with Crippen molar-refractivity contribution in [2.75, 3.05) is 23.3 Å². The molecule has 6 rings (SSSR count). The number of aromatic nitrogens is 4. The molecule has 11 heteroatoms. The zero-order chi connectivity index (χ0) is 23.9. The first-order chi connectivity index (χ1) is 17.0. The lowest BCUT2D eigenvalue weighted by Crippen LogP contribution is -2.38. The Bertz CT molecular complexity index is 1560. The van der Waals surface area contributed by atoms with Gasteiger partial charge in [-0.05, 0) is 55.3 Å². The molecule has 3 aromatic heterocycles. The van der Waals surface area contributed by atoms with Crippen molar-refractivity contribution in [2.45, 2.75) is 12.8 Å². The Morgan fingerprint density at radius 3 is 2.63 bits per heavy atom. The molecule has 1 aliphatic heterocycles. The third kappa shape index (κ3) is 4.54. The van der Waals surface area contributed by atoms with Crippen LogP contribution in [-0.2, 0) is 4.79 Å². The number of anilines is 2. The van der Waals surface area contributed by atoms with Gasteiger partial charge < -0.3 is 14.6 Å². The summed E-state index contributed by atoms with van der Waals surface area (Å²) in [5, 5.41) is 14.2. The highest BCUT2D eigenvalue weighted by atomic mass is 35.5. The Balaban J connectivity index is 1.10. The summed E-state index contributed by atoms with van der Waals surface area (Å²) in [6.07, 6.45) is 1.35. The molecule has 176 valence electrons. The number of pyridine rings is 1. The number of carbonyl (C=O) groups is 1. The van der Waals surface area contributed by atoms with Crippen LogP contribution in [0.4, 0.5) is 11.1 Å². The van der Waals surface area contributed by atoms with Crippen LogP contribution in [0.3, 0.4) is 0 Å². The largest absolute Gasteiger partial charge is 0.402 e. The van der Waals surface area contributed by atoms with Gasteiger partial charge in [0.1, 0.15) is 5.69 Å². The lowest BCUT2D eigenvalue weighted by Gasteiger charge is -2.29. The molecule has 0 atom stereocenters. The van der Waals surface area contributed by atoms with Crippen molar-refractivity contribution in [1.82, 2.24) is 20.2 Å². The van der Waals surface area contributed by atoms with Crippen molar-refractivity contribution >= 4 is 72.7 Å². The van der Waals surface area contributed by atoms with Gasteiger partial charge in [-0.3, -0.25) is 4.79 Å². The average Bonchev–Trinajstić information content (AvgIpc) is 3.50. The highest BCUT2D eigenvalue weighted by Crippen LogP contribution is 2.30. The second-order valence-electron chi connectivity index (χ2n) is 8.30. The van der Waals surface area contributed by atoms with Crippen molar-refractivity contribution in [3.05, 3.63) is 58.6 Å². The normalized spacial score (nSPS) is 14.6. The van der Waals surface area contributed by atoms with E-state index in [1.165, 1.54) is 11.3 Å². The summed E-state index contributed by atoms with van der Waals surface area (Å²) in [5.74, 6) is 0.215. The fourth-order valence-electron chi connectivity index (χ4n) is 4.16. The van der Waals surface area contributed by atoms with E-state index in [1.54, 1.807) is 12.1 Å². The van der Waals surface area contributed by atoms with Gasteiger partial charge in [-0.1, -0.05) is 45.7 Å². The second-order valence-corrected chi connectivity index (χ2v) is 10.2. The van der Waals surface area contributed by atoms with Crippen LogP contribution in [0.5, 0.6) is 0 Å². The molecule has 1 saturated heterocycles. The Morgan fingerprint density at radius 1 is 0.971 bits per heavy atom. The van der Waals surface area contributed by atoms with E-state index in [9.17, 15) is 4.79 Å².